The molecule has 0 spiro atoms. The van der Waals surface area contributed by atoms with Gasteiger partial charge in [0.05, 0.1) is 0 Å². The summed E-state index contributed by atoms with van der Waals surface area (Å²) in [6, 6.07) is 16.6. The number of nitrogens with one attached hydrogen (secondary N) is 1. The van der Waals surface area contributed by atoms with Crippen molar-refractivity contribution in [1.29, 1.82) is 0 Å². The molecule has 3 rings (SSSR count). The Kier molecular flexibility index (Phi) is 6.09. The van der Waals surface area contributed by atoms with Gasteiger partial charge in [0.2, 0.25) is 0 Å². The van der Waals surface area contributed by atoms with Crippen molar-refractivity contribution in [3.8, 4) is 16.9 Å². The molecule has 0 atom stereocenters. The molecule has 1 saturated heterocycles. The Morgan fingerprint density at radius 3 is 2.43 bits per heavy atom. The Bertz CT molecular complexity index is 570. The molecule has 21 heavy (non-hydrogen) atoms. The topological polar surface area (TPSA) is 21.3 Å². The molecule has 1 N–H and O–H groups in total. The van der Waals surface area contributed by atoms with Crippen LogP contribution in [0.5, 0.6) is 5.75 Å². The van der Waals surface area contributed by atoms with Crippen LogP contribution in [-0.2, 0) is 0 Å². The summed E-state index contributed by atoms with van der Waals surface area (Å²) in [6.07, 6.45) is 2.47. The fraction of sp³-hybridized carbons (Fsp3) is 0.294. The lowest BCUT2D eigenvalue weighted by molar-refractivity contribution is 0.163. The minimum Gasteiger partial charge on any atom is -0.490 e. The third-order valence-electron chi connectivity index (χ3n) is 3.61. The van der Waals surface area contributed by atoms with E-state index in [4.69, 9.17) is 4.74 Å². The second-order valence-electron chi connectivity index (χ2n) is 5.07. The SMILES string of the molecule is Brc1ccc(OC2CCNCC2)c(-c2ccccc2)c1.Cl. The molecule has 1 heterocycles. The van der Waals surface area contributed by atoms with E-state index in [0.717, 1.165) is 41.7 Å². The highest BCUT2D eigenvalue weighted by Crippen LogP contribution is 2.34. The van der Waals surface area contributed by atoms with Crippen LogP contribution in [0, 0.1) is 0 Å². The van der Waals surface area contributed by atoms with Crippen LogP contribution in [0.4, 0.5) is 0 Å². The molecule has 0 saturated carbocycles. The van der Waals surface area contributed by atoms with Gasteiger partial charge in [0.15, 0.2) is 0 Å². The van der Waals surface area contributed by atoms with E-state index in [1.54, 1.807) is 0 Å². The second kappa shape index (κ2) is 7.83. The van der Waals surface area contributed by atoms with Crippen molar-refractivity contribution in [3.05, 3.63) is 53.0 Å². The smallest absolute Gasteiger partial charge is 0.127 e. The summed E-state index contributed by atoms with van der Waals surface area (Å²) in [5.41, 5.74) is 2.34. The van der Waals surface area contributed by atoms with E-state index < -0.39 is 0 Å². The van der Waals surface area contributed by atoms with Gasteiger partial charge >= 0.3 is 0 Å². The number of halogens is 2. The van der Waals surface area contributed by atoms with E-state index in [9.17, 15) is 0 Å². The first kappa shape index (κ1) is 16.3. The highest BCUT2D eigenvalue weighted by Gasteiger charge is 2.16. The van der Waals surface area contributed by atoms with E-state index >= 15 is 0 Å². The Hall–Kier alpha value is -1.03. The van der Waals surface area contributed by atoms with Crippen LogP contribution in [0.25, 0.3) is 11.1 Å². The van der Waals surface area contributed by atoms with Gasteiger partial charge < -0.3 is 10.1 Å². The van der Waals surface area contributed by atoms with E-state index in [1.807, 2.05) is 12.1 Å². The molecule has 4 heteroatoms. The molecule has 2 aromatic carbocycles. The molecule has 0 amide bonds. The first-order valence-electron chi connectivity index (χ1n) is 7.05. The van der Waals surface area contributed by atoms with Gasteiger partial charge in [-0.2, -0.15) is 0 Å². The minimum absolute atomic E-state index is 0. The largest absolute Gasteiger partial charge is 0.490 e. The summed E-state index contributed by atoms with van der Waals surface area (Å²) in [6.45, 7) is 2.09. The maximum atomic E-state index is 6.24. The normalized spacial score (nSPS) is 15.3. The van der Waals surface area contributed by atoms with E-state index in [0.29, 0.717) is 6.10 Å². The zero-order chi connectivity index (χ0) is 13.8. The van der Waals surface area contributed by atoms with Gasteiger partial charge in [0, 0.05) is 10.0 Å². The molecule has 2 aromatic rings. The number of hydrogen-bond acceptors (Lipinski definition) is 2. The molecule has 0 aliphatic carbocycles. The fourth-order valence-corrected chi connectivity index (χ4v) is 2.90. The molecular formula is C17H19BrClNO. The van der Waals surface area contributed by atoms with Crippen LogP contribution in [0.2, 0.25) is 0 Å². The lowest BCUT2D eigenvalue weighted by atomic mass is 10.0. The lowest BCUT2D eigenvalue weighted by Crippen LogP contribution is -2.34. The molecule has 2 nitrogen and oxygen atoms in total. The zero-order valence-corrected chi connectivity index (χ0v) is 14.1. The first-order chi connectivity index (χ1) is 9.83. The highest BCUT2D eigenvalue weighted by atomic mass is 79.9. The maximum absolute atomic E-state index is 6.24. The molecule has 1 aliphatic rings. The summed E-state index contributed by atoms with van der Waals surface area (Å²) in [4.78, 5) is 0. The van der Waals surface area contributed by atoms with Crippen LogP contribution in [-0.4, -0.2) is 19.2 Å². The summed E-state index contributed by atoms with van der Waals surface area (Å²) in [5.74, 6) is 0.978. The Labute approximate surface area is 140 Å². The van der Waals surface area contributed by atoms with Gasteiger partial charge in [-0.1, -0.05) is 46.3 Å². The van der Waals surface area contributed by atoms with Gasteiger partial charge in [-0.15, -0.1) is 12.4 Å². The van der Waals surface area contributed by atoms with Crippen molar-refractivity contribution in [2.24, 2.45) is 0 Å². The monoisotopic (exact) mass is 367 g/mol. The third kappa shape index (κ3) is 4.22. The molecule has 0 bridgehead atoms. The van der Waals surface area contributed by atoms with Crippen LogP contribution in [0.1, 0.15) is 12.8 Å². The average molecular weight is 369 g/mol. The van der Waals surface area contributed by atoms with E-state index in [2.05, 4.69) is 57.6 Å². The van der Waals surface area contributed by atoms with E-state index in [1.165, 1.54) is 5.56 Å². The summed E-state index contributed by atoms with van der Waals surface area (Å²) in [7, 11) is 0. The van der Waals surface area contributed by atoms with Crippen LogP contribution >= 0.6 is 28.3 Å². The predicted octanol–water partition coefficient (Wildman–Crippen LogP) is 4.67. The Morgan fingerprint density at radius 1 is 1.00 bits per heavy atom. The number of hydrogen-bond donors (Lipinski definition) is 1. The number of piperidine rings is 1. The summed E-state index contributed by atoms with van der Waals surface area (Å²) >= 11 is 3.55. The molecule has 1 fully saturated rings. The van der Waals surface area contributed by atoms with Gasteiger partial charge in [0.25, 0.3) is 0 Å². The molecular weight excluding hydrogens is 350 g/mol. The van der Waals surface area contributed by atoms with Gasteiger partial charge in [-0.05, 0) is 49.7 Å². The molecule has 1 aliphatic heterocycles. The zero-order valence-electron chi connectivity index (χ0n) is 11.7. The van der Waals surface area contributed by atoms with Crippen LogP contribution < -0.4 is 10.1 Å². The standard InChI is InChI=1S/C17H18BrNO.ClH/c18-14-6-7-17(20-15-8-10-19-11-9-15)16(12-14)13-4-2-1-3-5-13;/h1-7,12,15,19H,8-11H2;1H. The Morgan fingerprint density at radius 2 is 1.71 bits per heavy atom. The van der Waals surface area contributed by atoms with Crippen LogP contribution in [0.15, 0.2) is 53.0 Å². The van der Waals surface area contributed by atoms with Crippen molar-refractivity contribution < 1.29 is 4.74 Å². The minimum atomic E-state index is 0. The lowest BCUT2D eigenvalue weighted by Gasteiger charge is -2.25. The van der Waals surface area contributed by atoms with E-state index in [-0.39, 0.29) is 12.4 Å². The number of rotatable bonds is 3. The maximum Gasteiger partial charge on any atom is 0.127 e. The highest BCUT2D eigenvalue weighted by molar-refractivity contribution is 9.10. The molecule has 112 valence electrons. The first-order valence-corrected chi connectivity index (χ1v) is 7.84. The predicted molar refractivity (Wildman–Crippen MR) is 93.3 cm³/mol. The summed E-state index contributed by atoms with van der Waals surface area (Å²) in [5, 5.41) is 3.37. The van der Waals surface area contributed by atoms with Gasteiger partial charge in [0.1, 0.15) is 11.9 Å². The van der Waals surface area contributed by atoms with Crippen molar-refractivity contribution in [1.82, 2.24) is 5.32 Å². The van der Waals surface area contributed by atoms with Crippen molar-refractivity contribution in [3.63, 3.8) is 0 Å². The number of ether oxygens (including phenoxy) is 1. The van der Waals surface area contributed by atoms with Crippen molar-refractivity contribution >= 4 is 28.3 Å². The third-order valence-corrected chi connectivity index (χ3v) is 4.10. The Balaban J connectivity index is 0.00000161. The number of benzene rings is 2. The van der Waals surface area contributed by atoms with Gasteiger partial charge in [-0.3, -0.25) is 0 Å². The second-order valence-corrected chi connectivity index (χ2v) is 5.99. The summed E-state index contributed by atoms with van der Waals surface area (Å²) < 4.78 is 7.31. The molecule has 0 unspecified atom stereocenters. The quantitative estimate of drug-likeness (QED) is 0.850. The average Bonchev–Trinajstić information content (AvgIpc) is 2.51. The van der Waals surface area contributed by atoms with Crippen molar-refractivity contribution in [2.45, 2.75) is 18.9 Å². The van der Waals surface area contributed by atoms with Crippen LogP contribution in [0.3, 0.4) is 0 Å². The fourth-order valence-electron chi connectivity index (χ4n) is 2.54. The van der Waals surface area contributed by atoms with Crippen molar-refractivity contribution in [2.75, 3.05) is 13.1 Å². The molecule has 0 aromatic heterocycles. The molecule has 0 radical (unpaired) electrons. The van der Waals surface area contributed by atoms with Gasteiger partial charge in [-0.25, -0.2) is 0 Å².